The van der Waals surface area contributed by atoms with Crippen molar-refractivity contribution in [2.45, 2.75) is 65.2 Å². The van der Waals surface area contributed by atoms with Crippen molar-refractivity contribution in [1.82, 2.24) is 10.2 Å². The smallest absolute Gasteiger partial charge is 0.276 e. The molecule has 0 atom stereocenters. The summed E-state index contributed by atoms with van der Waals surface area (Å²) in [5, 5.41) is 8.61. The zero-order valence-corrected chi connectivity index (χ0v) is 13.9. The minimum atomic E-state index is 0.532. The van der Waals surface area contributed by atoms with Crippen LogP contribution in [0.2, 0.25) is 0 Å². The van der Waals surface area contributed by atoms with Gasteiger partial charge in [-0.1, -0.05) is 32.8 Å². The number of allylic oxidation sites excluding steroid dienone is 2. The lowest BCUT2D eigenvalue weighted by molar-refractivity contribution is 0.250. The average Bonchev–Trinajstić information content (AvgIpc) is 2.57. The number of hydrogen-bond acceptors (Lipinski definition) is 4. The number of rotatable bonds is 9. The quantitative estimate of drug-likeness (QED) is 0.615. The summed E-state index contributed by atoms with van der Waals surface area (Å²) in [6.45, 7) is 5.67. The van der Waals surface area contributed by atoms with Crippen LogP contribution in [0, 0.1) is 0 Å². The van der Waals surface area contributed by atoms with Crippen molar-refractivity contribution in [3.63, 3.8) is 0 Å². The summed E-state index contributed by atoms with van der Waals surface area (Å²) in [6, 6.07) is 2.00. The lowest BCUT2D eigenvalue weighted by atomic mass is 9.97. The summed E-state index contributed by atoms with van der Waals surface area (Å²) in [6.07, 6.45) is 11.3. The van der Waals surface area contributed by atoms with Crippen LogP contribution in [-0.2, 0) is 0 Å². The molecule has 1 aliphatic carbocycles. The van der Waals surface area contributed by atoms with Gasteiger partial charge in [-0.2, -0.15) is 0 Å². The molecule has 0 fully saturated rings. The van der Waals surface area contributed by atoms with E-state index >= 15 is 0 Å². The third-order valence-corrected chi connectivity index (χ3v) is 3.84. The third-order valence-electron chi connectivity index (χ3n) is 3.84. The van der Waals surface area contributed by atoms with Crippen LogP contribution in [0.4, 0.5) is 0 Å². The van der Waals surface area contributed by atoms with E-state index in [9.17, 15) is 0 Å². The van der Waals surface area contributed by atoms with E-state index in [1.165, 1.54) is 18.4 Å². The minimum absolute atomic E-state index is 0.532. The monoisotopic (exact) mass is 304 g/mol. The van der Waals surface area contributed by atoms with Gasteiger partial charge in [0.25, 0.3) is 5.88 Å². The summed E-state index contributed by atoms with van der Waals surface area (Å²) in [4.78, 5) is 0. The molecule has 0 aliphatic heterocycles. The molecule has 0 aromatic carbocycles. The van der Waals surface area contributed by atoms with Crippen molar-refractivity contribution < 1.29 is 9.47 Å². The van der Waals surface area contributed by atoms with Crippen LogP contribution < -0.4 is 9.47 Å². The van der Waals surface area contributed by atoms with Crippen LogP contribution in [0.15, 0.2) is 12.1 Å². The predicted octanol–water partition coefficient (Wildman–Crippen LogP) is 4.79. The molecule has 1 heterocycles. The molecule has 0 saturated carbocycles. The predicted molar refractivity (Wildman–Crippen MR) is 89.3 cm³/mol. The normalized spacial score (nSPS) is 14.5. The highest BCUT2D eigenvalue weighted by atomic mass is 16.5. The van der Waals surface area contributed by atoms with Gasteiger partial charge in [0.05, 0.1) is 18.9 Å². The molecule has 4 heteroatoms. The molecular formula is C18H28N2O2. The van der Waals surface area contributed by atoms with E-state index in [1.54, 1.807) is 0 Å². The SMILES string of the molecule is CCCCOc1cc(C2=CCCCC2)nnc1OCCCC. The van der Waals surface area contributed by atoms with E-state index in [2.05, 4.69) is 30.1 Å². The van der Waals surface area contributed by atoms with Gasteiger partial charge < -0.3 is 9.47 Å². The summed E-state index contributed by atoms with van der Waals surface area (Å²) in [5.41, 5.74) is 2.23. The Morgan fingerprint density at radius 3 is 2.45 bits per heavy atom. The van der Waals surface area contributed by atoms with Crippen LogP contribution in [0.25, 0.3) is 5.57 Å². The number of ether oxygens (including phenoxy) is 2. The van der Waals surface area contributed by atoms with Gasteiger partial charge in [0, 0.05) is 6.07 Å². The first kappa shape index (κ1) is 16.8. The first-order valence-electron chi connectivity index (χ1n) is 8.67. The Bertz CT molecular complexity index is 486. The van der Waals surface area contributed by atoms with Gasteiger partial charge in [-0.15, -0.1) is 10.2 Å². The van der Waals surface area contributed by atoms with Crippen molar-refractivity contribution in [3.8, 4) is 11.6 Å². The molecule has 122 valence electrons. The fourth-order valence-corrected chi connectivity index (χ4v) is 2.43. The highest BCUT2D eigenvalue weighted by Crippen LogP contribution is 2.31. The van der Waals surface area contributed by atoms with Gasteiger partial charge in [0.2, 0.25) is 0 Å². The van der Waals surface area contributed by atoms with Crippen molar-refractivity contribution in [3.05, 3.63) is 17.8 Å². The summed E-state index contributed by atoms with van der Waals surface area (Å²) in [7, 11) is 0. The Labute approximate surface area is 133 Å². The molecule has 1 aromatic heterocycles. The Morgan fingerprint density at radius 1 is 1.00 bits per heavy atom. The van der Waals surface area contributed by atoms with Gasteiger partial charge in [0.1, 0.15) is 0 Å². The fraction of sp³-hybridized carbons (Fsp3) is 0.667. The standard InChI is InChI=1S/C18H28N2O2/c1-3-5-12-21-17-14-16(15-10-8-7-9-11-15)19-20-18(17)22-13-6-4-2/h10,14H,3-9,11-13H2,1-2H3. The fourth-order valence-electron chi connectivity index (χ4n) is 2.43. The molecule has 2 rings (SSSR count). The van der Waals surface area contributed by atoms with Crippen LogP contribution >= 0.6 is 0 Å². The van der Waals surface area contributed by atoms with Gasteiger partial charge >= 0.3 is 0 Å². The molecule has 0 amide bonds. The van der Waals surface area contributed by atoms with Crippen molar-refractivity contribution in [2.75, 3.05) is 13.2 Å². The van der Waals surface area contributed by atoms with Gasteiger partial charge in [-0.05, 0) is 44.1 Å². The molecule has 0 saturated heterocycles. The first-order valence-corrected chi connectivity index (χ1v) is 8.67. The molecule has 22 heavy (non-hydrogen) atoms. The lowest BCUT2D eigenvalue weighted by Gasteiger charge is -2.15. The van der Waals surface area contributed by atoms with E-state index in [-0.39, 0.29) is 0 Å². The van der Waals surface area contributed by atoms with Crippen molar-refractivity contribution in [1.29, 1.82) is 0 Å². The molecule has 4 nitrogen and oxygen atoms in total. The Hall–Kier alpha value is -1.58. The van der Waals surface area contributed by atoms with Crippen LogP contribution in [0.5, 0.6) is 11.6 Å². The largest absolute Gasteiger partial charge is 0.488 e. The Kier molecular flexibility index (Phi) is 7.20. The molecule has 0 radical (unpaired) electrons. The van der Waals surface area contributed by atoms with Crippen LogP contribution in [-0.4, -0.2) is 23.4 Å². The third kappa shape index (κ3) is 5.00. The minimum Gasteiger partial charge on any atom is -0.488 e. The topological polar surface area (TPSA) is 44.2 Å². The van der Waals surface area contributed by atoms with Gasteiger partial charge in [0.15, 0.2) is 5.75 Å². The molecule has 1 aliphatic rings. The number of unbranched alkanes of at least 4 members (excludes halogenated alkanes) is 2. The second-order valence-electron chi connectivity index (χ2n) is 5.78. The van der Waals surface area contributed by atoms with Gasteiger partial charge in [-0.25, -0.2) is 0 Å². The first-order chi connectivity index (χ1) is 10.8. The number of nitrogens with zero attached hydrogens (tertiary/aromatic N) is 2. The molecule has 0 bridgehead atoms. The average molecular weight is 304 g/mol. The molecule has 1 aromatic rings. The number of hydrogen-bond donors (Lipinski definition) is 0. The maximum atomic E-state index is 5.89. The van der Waals surface area contributed by atoms with E-state index in [4.69, 9.17) is 9.47 Å². The van der Waals surface area contributed by atoms with E-state index in [0.29, 0.717) is 19.1 Å². The summed E-state index contributed by atoms with van der Waals surface area (Å²) < 4.78 is 11.6. The molecular weight excluding hydrogens is 276 g/mol. The van der Waals surface area contributed by atoms with E-state index in [0.717, 1.165) is 50.0 Å². The van der Waals surface area contributed by atoms with Crippen molar-refractivity contribution in [2.24, 2.45) is 0 Å². The zero-order valence-electron chi connectivity index (χ0n) is 13.9. The number of aromatic nitrogens is 2. The highest BCUT2D eigenvalue weighted by molar-refractivity contribution is 5.64. The highest BCUT2D eigenvalue weighted by Gasteiger charge is 2.14. The van der Waals surface area contributed by atoms with E-state index in [1.807, 2.05) is 6.07 Å². The summed E-state index contributed by atoms with van der Waals surface area (Å²) in [5.74, 6) is 1.27. The molecule has 0 spiro atoms. The Balaban J connectivity index is 2.12. The van der Waals surface area contributed by atoms with Crippen LogP contribution in [0.3, 0.4) is 0 Å². The maximum Gasteiger partial charge on any atom is 0.276 e. The maximum absolute atomic E-state index is 5.89. The Morgan fingerprint density at radius 2 is 1.77 bits per heavy atom. The second kappa shape index (κ2) is 9.44. The summed E-state index contributed by atoms with van der Waals surface area (Å²) >= 11 is 0. The molecule has 0 N–H and O–H groups in total. The zero-order chi connectivity index (χ0) is 15.6. The lowest BCUT2D eigenvalue weighted by Crippen LogP contribution is -2.07. The van der Waals surface area contributed by atoms with E-state index < -0.39 is 0 Å². The van der Waals surface area contributed by atoms with Crippen molar-refractivity contribution >= 4 is 5.57 Å². The van der Waals surface area contributed by atoms with Crippen LogP contribution in [0.1, 0.15) is 70.9 Å². The second-order valence-corrected chi connectivity index (χ2v) is 5.78. The van der Waals surface area contributed by atoms with Gasteiger partial charge in [-0.3, -0.25) is 0 Å². The molecule has 0 unspecified atom stereocenters.